The quantitative estimate of drug-likeness (QED) is 0.686. The van der Waals surface area contributed by atoms with Crippen LogP contribution in [0.15, 0.2) is 59.4 Å². The molecule has 122 valence electrons. The Bertz CT molecular complexity index is 861. The first-order valence-corrected chi connectivity index (χ1v) is 8.50. The van der Waals surface area contributed by atoms with E-state index >= 15 is 0 Å². The highest BCUT2D eigenvalue weighted by molar-refractivity contribution is 6.33. The van der Waals surface area contributed by atoms with Gasteiger partial charge in [-0.05, 0) is 35.2 Å². The van der Waals surface area contributed by atoms with Gasteiger partial charge >= 0.3 is 0 Å². The van der Waals surface area contributed by atoms with Crippen LogP contribution < -0.4 is 9.80 Å². The molecule has 0 bridgehead atoms. The third kappa shape index (κ3) is 2.49. The molecule has 0 fully saturated rings. The highest BCUT2D eigenvalue weighted by Crippen LogP contribution is 2.41. The van der Waals surface area contributed by atoms with Crippen molar-refractivity contribution in [2.75, 3.05) is 16.5 Å². The van der Waals surface area contributed by atoms with Gasteiger partial charge in [0, 0.05) is 6.20 Å². The van der Waals surface area contributed by atoms with Crippen LogP contribution >= 0.6 is 11.6 Å². The second-order valence-electron chi connectivity index (χ2n) is 7.26. The van der Waals surface area contributed by atoms with Crippen LogP contribution in [0.25, 0.3) is 0 Å². The summed E-state index contributed by atoms with van der Waals surface area (Å²) in [6, 6.07) is 14.5. The van der Waals surface area contributed by atoms with Gasteiger partial charge in [-0.3, -0.25) is 4.99 Å². The minimum atomic E-state index is 0.120. The Kier molecular flexibility index (Phi) is 3.43. The topological polar surface area (TPSA) is 18.8 Å². The molecule has 2 aliphatic rings. The molecule has 2 aliphatic heterocycles. The lowest BCUT2D eigenvalue weighted by molar-refractivity contribution is 0.590. The molecule has 2 aromatic rings. The van der Waals surface area contributed by atoms with Crippen LogP contribution in [0.2, 0.25) is 5.02 Å². The highest BCUT2D eigenvalue weighted by Gasteiger charge is 2.28. The van der Waals surface area contributed by atoms with Gasteiger partial charge < -0.3 is 9.80 Å². The molecule has 0 radical (unpaired) electrons. The van der Waals surface area contributed by atoms with E-state index in [0.717, 1.165) is 34.5 Å². The summed E-state index contributed by atoms with van der Waals surface area (Å²) >= 11 is 6.35. The molecule has 24 heavy (non-hydrogen) atoms. The minimum Gasteiger partial charge on any atom is -0.326 e. The molecular weight excluding hydrogens is 318 g/mol. The van der Waals surface area contributed by atoms with Crippen molar-refractivity contribution in [2.24, 2.45) is 4.99 Å². The maximum atomic E-state index is 6.35. The molecule has 0 amide bonds. The van der Waals surface area contributed by atoms with Crippen LogP contribution in [-0.2, 0) is 5.41 Å². The average molecular weight is 338 g/mol. The van der Waals surface area contributed by atoms with Gasteiger partial charge in [0.15, 0.2) is 0 Å². The van der Waals surface area contributed by atoms with Crippen LogP contribution in [0.4, 0.5) is 17.1 Å². The number of halogens is 1. The van der Waals surface area contributed by atoms with Crippen molar-refractivity contribution in [1.29, 1.82) is 0 Å². The molecule has 0 saturated carbocycles. The number of hydrogen-bond acceptors (Lipinski definition) is 3. The van der Waals surface area contributed by atoms with Crippen molar-refractivity contribution in [2.45, 2.75) is 26.2 Å². The first kappa shape index (κ1) is 15.3. The van der Waals surface area contributed by atoms with E-state index in [9.17, 15) is 0 Å². The van der Waals surface area contributed by atoms with Crippen LogP contribution in [0, 0.1) is 0 Å². The summed E-state index contributed by atoms with van der Waals surface area (Å²) < 4.78 is 0. The number of fused-ring (bicyclic) bond motifs is 3. The molecule has 0 saturated heterocycles. The summed E-state index contributed by atoms with van der Waals surface area (Å²) in [5.41, 5.74) is 5.70. The van der Waals surface area contributed by atoms with E-state index in [-0.39, 0.29) is 5.41 Å². The van der Waals surface area contributed by atoms with E-state index in [1.165, 1.54) is 5.56 Å². The molecule has 4 rings (SSSR count). The largest absolute Gasteiger partial charge is 0.326 e. The summed E-state index contributed by atoms with van der Waals surface area (Å²) in [5, 5.41) is 0.759. The number of hydrogen-bond donors (Lipinski definition) is 0. The van der Waals surface area contributed by atoms with Gasteiger partial charge in [0.25, 0.3) is 0 Å². The summed E-state index contributed by atoms with van der Waals surface area (Å²) in [6.07, 6.45) is 4.04. The van der Waals surface area contributed by atoms with E-state index in [4.69, 9.17) is 11.6 Å². The van der Waals surface area contributed by atoms with E-state index in [1.54, 1.807) is 0 Å². The fraction of sp³-hybridized carbons (Fsp3) is 0.250. The predicted octanol–water partition coefficient (Wildman–Crippen LogP) is 5.48. The molecule has 2 aromatic carbocycles. The fourth-order valence-corrected chi connectivity index (χ4v) is 3.35. The van der Waals surface area contributed by atoms with Gasteiger partial charge in [-0.15, -0.1) is 0 Å². The molecular formula is C20H20ClN3. The lowest BCUT2D eigenvalue weighted by atomic mass is 9.86. The third-order valence-electron chi connectivity index (χ3n) is 4.52. The van der Waals surface area contributed by atoms with E-state index in [2.05, 4.69) is 60.0 Å². The number of allylic oxidation sites excluding steroid dienone is 1. The van der Waals surface area contributed by atoms with Crippen LogP contribution in [0.1, 0.15) is 26.3 Å². The molecule has 0 N–H and O–H groups in total. The summed E-state index contributed by atoms with van der Waals surface area (Å²) in [5.74, 6) is 0. The Morgan fingerprint density at radius 1 is 1.04 bits per heavy atom. The number of para-hydroxylation sites is 1. The Balaban J connectivity index is 1.70. The molecule has 0 unspecified atom stereocenters. The lowest BCUT2D eigenvalue weighted by Crippen LogP contribution is -2.28. The maximum Gasteiger partial charge on any atom is 0.0997 e. The van der Waals surface area contributed by atoms with Gasteiger partial charge in [0.1, 0.15) is 0 Å². The summed E-state index contributed by atoms with van der Waals surface area (Å²) in [6.45, 7) is 7.41. The van der Waals surface area contributed by atoms with E-state index in [1.807, 2.05) is 30.5 Å². The van der Waals surface area contributed by atoms with Gasteiger partial charge in [-0.25, -0.2) is 0 Å². The van der Waals surface area contributed by atoms with Crippen molar-refractivity contribution < 1.29 is 0 Å². The fourth-order valence-electron chi connectivity index (χ4n) is 3.11. The predicted molar refractivity (Wildman–Crippen MR) is 103 cm³/mol. The first-order chi connectivity index (χ1) is 11.4. The standard InChI is InChI=1S/C20H20ClN3/c1-20(2,3)14-8-9-19-17(10-14)22-11-15-12-23(13-24(15)19)18-7-5-4-6-16(18)21/h4-12H,13H2,1-3H3. The molecule has 0 atom stereocenters. The van der Waals surface area contributed by atoms with Gasteiger partial charge in [-0.2, -0.15) is 0 Å². The molecule has 4 heteroatoms. The highest BCUT2D eigenvalue weighted by atomic mass is 35.5. The van der Waals surface area contributed by atoms with Gasteiger partial charge in [0.05, 0.1) is 40.7 Å². The Labute approximate surface area is 147 Å². The first-order valence-electron chi connectivity index (χ1n) is 8.12. The summed E-state index contributed by atoms with van der Waals surface area (Å²) in [4.78, 5) is 9.10. The minimum absolute atomic E-state index is 0.120. The maximum absolute atomic E-state index is 6.35. The lowest BCUT2D eigenvalue weighted by Gasteiger charge is -2.28. The number of benzene rings is 2. The Morgan fingerprint density at radius 2 is 1.83 bits per heavy atom. The van der Waals surface area contributed by atoms with E-state index < -0.39 is 0 Å². The smallest absolute Gasteiger partial charge is 0.0997 e. The number of anilines is 2. The van der Waals surface area contributed by atoms with Gasteiger partial charge in [0.2, 0.25) is 0 Å². The zero-order chi connectivity index (χ0) is 16.9. The number of rotatable bonds is 1. The second kappa shape index (κ2) is 5.38. The van der Waals surface area contributed by atoms with Crippen molar-refractivity contribution in [3.8, 4) is 0 Å². The zero-order valence-corrected chi connectivity index (χ0v) is 14.9. The van der Waals surface area contributed by atoms with Crippen LogP contribution in [0.3, 0.4) is 0 Å². The normalized spacial score (nSPS) is 16.1. The zero-order valence-electron chi connectivity index (χ0n) is 14.1. The number of aliphatic imine (C=N–C) groups is 1. The second-order valence-corrected chi connectivity index (χ2v) is 7.66. The van der Waals surface area contributed by atoms with E-state index in [0.29, 0.717) is 0 Å². The molecule has 2 heterocycles. The van der Waals surface area contributed by atoms with Crippen molar-refractivity contribution in [3.63, 3.8) is 0 Å². The van der Waals surface area contributed by atoms with Crippen molar-refractivity contribution in [1.82, 2.24) is 0 Å². The Hall–Kier alpha value is -2.26. The number of nitrogens with zero attached hydrogens (tertiary/aromatic N) is 3. The SMILES string of the molecule is CC(C)(C)c1ccc2c(c1)N=CC1=CN(c3ccccc3Cl)CN12. The van der Waals surface area contributed by atoms with Gasteiger partial charge in [-0.1, -0.05) is 50.6 Å². The third-order valence-corrected chi connectivity index (χ3v) is 4.84. The van der Waals surface area contributed by atoms with Crippen molar-refractivity contribution >= 4 is 34.9 Å². The molecule has 0 aliphatic carbocycles. The van der Waals surface area contributed by atoms with Crippen LogP contribution in [0.5, 0.6) is 0 Å². The van der Waals surface area contributed by atoms with Crippen LogP contribution in [-0.4, -0.2) is 12.9 Å². The molecule has 0 spiro atoms. The monoisotopic (exact) mass is 337 g/mol. The average Bonchev–Trinajstić information content (AvgIpc) is 2.98. The molecule has 3 nitrogen and oxygen atoms in total. The Morgan fingerprint density at radius 3 is 2.58 bits per heavy atom. The summed E-state index contributed by atoms with van der Waals surface area (Å²) in [7, 11) is 0. The van der Waals surface area contributed by atoms with Crippen molar-refractivity contribution in [3.05, 3.63) is 64.9 Å². The molecule has 0 aromatic heterocycles.